The van der Waals surface area contributed by atoms with Crippen LogP contribution in [0, 0.1) is 17.8 Å². The van der Waals surface area contributed by atoms with Crippen LogP contribution < -0.4 is 37.4 Å². The number of carbonyl (C=O) groups excluding carboxylic acids is 7. The maximum Gasteiger partial charge on any atom is 0.328 e. The molecular weight excluding hydrogens is 1190 g/mol. The number of aliphatic carboxylic acids is 5. The lowest BCUT2D eigenvalue weighted by molar-refractivity contribution is -0.144. The Kier molecular flexibility index (Phi) is 31.1. The minimum Gasteiger partial charge on any atom is -0.481 e. The molecule has 494 valence electrons. The smallest absolute Gasteiger partial charge is 0.328 e. The molecule has 13 N–H and O–H groups in total. The van der Waals surface area contributed by atoms with E-state index in [1.165, 1.54) is 19.4 Å². The standard InChI is InChI=1S/C58H81N11O21/c1-35(45(74)26-38(24-40-29-59-34-62-40)56(86)64-42(32-71)46(75)27-37(23-36-7-3-2-4-8-36)55(85)65-43(33-72)57(87)88)63-54(84)39(28-47(76)77)25-41(73)9-5-11-60-50-51(53(83)52(50)82)61-12-6-10-44(58(89)90)69-19-17-66(21-22-70)13-14-67(30-48(78)79)15-16-68(18-20-69)31-49(80)81/h2-4,7-8,22,29,34-35,37-39,42-44,60-61,71-72H,5-6,9-21,23-28,30-33H2,1H3,(H,59,62)(H,63,84)(H,64,86)(H,65,85)(H,76,77)(H,78,79)(H,80,81)(H,87,88)(H,89,90)/t35-,37+,38+,39-,42-,43-,44?/m0/s1. The number of aliphatic hydroxyl groups excluding tert-OH is 2. The molecule has 90 heavy (non-hydrogen) atoms. The molecule has 0 aliphatic carbocycles. The molecular formula is C58H81N11O21. The maximum atomic E-state index is 13.9. The normalized spacial score (nSPS) is 16.3. The Balaban J connectivity index is 1.32. The van der Waals surface area contributed by atoms with E-state index in [0.717, 1.165) is 0 Å². The van der Waals surface area contributed by atoms with Crippen LogP contribution in [0.1, 0.15) is 69.5 Å². The van der Waals surface area contributed by atoms with Gasteiger partial charge in [0.2, 0.25) is 17.7 Å². The van der Waals surface area contributed by atoms with Crippen molar-refractivity contribution in [2.24, 2.45) is 17.8 Å². The number of aromatic amines is 1. The number of hydrogen-bond acceptors (Lipinski definition) is 23. The van der Waals surface area contributed by atoms with E-state index in [-0.39, 0.29) is 135 Å². The van der Waals surface area contributed by atoms with E-state index in [1.807, 2.05) is 0 Å². The Bertz CT molecular complexity index is 2990. The van der Waals surface area contributed by atoms with Gasteiger partial charge in [-0.05, 0) is 38.2 Å². The maximum absolute atomic E-state index is 13.9. The number of carboxylic acids is 5. The largest absolute Gasteiger partial charge is 0.481 e. The van der Waals surface area contributed by atoms with Crippen molar-refractivity contribution in [3.05, 3.63) is 74.6 Å². The van der Waals surface area contributed by atoms with E-state index in [0.29, 0.717) is 17.5 Å². The average Bonchev–Trinajstić information content (AvgIpc) is 1.01. The van der Waals surface area contributed by atoms with Gasteiger partial charge in [0.1, 0.15) is 41.6 Å². The fourth-order valence-electron chi connectivity index (χ4n) is 10.2. The van der Waals surface area contributed by atoms with Crippen LogP contribution in [0.2, 0.25) is 0 Å². The summed E-state index contributed by atoms with van der Waals surface area (Å²) in [5.74, 6) is -15.2. The molecule has 3 amide bonds. The number of Topliss-reactive ketones (excluding diaryl/α,β-unsaturated/α-hetero) is 3. The van der Waals surface area contributed by atoms with Crippen LogP contribution in [0.15, 0.2) is 52.4 Å². The molecule has 2 aromatic carbocycles. The van der Waals surface area contributed by atoms with E-state index < -0.39 is 157 Å². The Labute approximate surface area is 516 Å². The molecule has 1 aromatic heterocycles. The fraction of sp³-hybridized carbons (Fsp3) is 0.569. The number of anilines is 2. The van der Waals surface area contributed by atoms with E-state index in [9.17, 15) is 103 Å². The van der Waals surface area contributed by atoms with Crippen LogP contribution in [0.3, 0.4) is 0 Å². The number of nitrogens with zero attached hydrogens (tertiary/aromatic N) is 5. The van der Waals surface area contributed by atoms with Crippen molar-refractivity contribution in [3.8, 4) is 0 Å². The highest BCUT2D eigenvalue weighted by molar-refractivity contribution is 5.97. The predicted molar refractivity (Wildman–Crippen MR) is 318 cm³/mol. The number of benzene rings is 1. The van der Waals surface area contributed by atoms with Gasteiger partial charge < -0.3 is 72.1 Å². The molecule has 0 spiro atoms. The summed E-state index contributed by atoms with van der Waals surface area (Å²) in [4.78, 5) is 191. The number of aromatic nitrogens is 2. The number of ketones is 3. The van der Waals surface area contributed by atoms with Crippen LogP contribution in [-0.2, 0) is 70.4 Å². The van der Waals surface area contributed by atoms with Crippen LogP contribution in [0.5, 0.6) is 0 Å². The highest BCUT2D eigenvalue weighted by Gasteiger charge is 2.35. The molecule has 32 nitrogen and oxygen atoms in total. The highest BCUT2D eigenvalue weighted by atomic mass is 16.4. The van der Waals surface area contributed by atoms with Gasteiger partial charge >= 0.3 is 29.8 Å². The molecule has 1 aliphatic rings. The molecule has 0 radical (unpaired) electrons. The topological polar surface area (TPSA) is 482 Å². The first-order valence-electron chi connectivity index (χ1n) is 29.3. The third-order valence-electron chi connectivity index (χ3n) is 15.2. The molecule has 7 atom stereocenters. The molecule has 1 aliphatic heterocycles. The number of nitrogens with one attached hydrogen (secondary N) is 6. The molecule has 0 bridgehead atoms. The van der Waals surface area contributed by atoms with Crippen molar-refractivity contribution in [1.29, 1.82) is 0 Å². The quantitative estimate of drug-likeness (QED) is 0.0150. The molecule has 1 saturated heterocycles. The first-order chi connectivity index (χ1) is 42.8. The molecule has 1 fully saturated rings. The van der Waals surface area contributed by atoms with Crippen molar-refractivity contribution in [3.63, 3.8) is 0 Å². The van der Waals surface area contributed by atoms with Crippen LogP contribution >= 0.6 is 0 Å². The number of rotatable bonds is 41. The Morgan fingerprint density at radius 1 is 0.600 bits per heavy atom. The monoisotopic (exact) mass is 1270 g/mol. The van der Waals surface area contributed by atoms with Gasteiger partial charge in [0, 0.05) is 115 Å². The molecule has 3 aromatic rings. The second-order valence-electron chi connectivity index (χ2n) is 22.0. The van der Waals surface area contributed by atoms with Crippen molar-refractivity contribution < 1.29 is 93.3 Å². The lowest BCUT2D eigenvalue weighted by Crippen LogP contribution is -2.51. The van der Waals surface area contributed by atoms with Gasteiger partial charge in [-0.15, -0.1) is 0 Å². The zero-order valence-electron chi connectivity index (χ0n) is 49.9. The first kappa shape index (κ1) is 73.8. The second-order valence-corrected chi connectivity index (χ2v) is 22.0. The summed E-state index contributed by atoms with van der Waals surface area (Å²) >= 11 is 0. The number of carbonyl (C=O) groups is 12. The van der Waals surface area contributed by atoms with Crippen molar-refractivity contribution in [1.82, 2.24) is 45.5 Å². The number of H-pyrrole nitrogens is 1. The average molecular weight is 1270 g/mol. The van der Waals surface area contributed by atoms with Crippen molar-refractivity contribution in [2.45, 2.75) is 95.3 Å². The summed E-state index contributed by atoms with van der Waals surface area (Å²) in [6.45, 7) is 0.218. The van der Waals surface area contributed by atoms with E-state index >= 15 is 0 Å². The number of carboxylic acid groups (broad SMARTS) is 5. The van der Waals surface area contributed by atoms with Gasteiger partial charge in [-0.25, -0.2) is 9.78 Å². The zero-order valence-corrected chi connectivity index (χ0v) is 49.9. The third-order valence-corrected chi connectivity index (χ3v) is 15.2. The Morgan fingerprint density at radius 2 is 1.12 bits per heavy atom. The minimum atomic E-state index is -1.69. The summed E-state index contributed by atoms with van der Waals surface area (Å²) in [5, 5.41) is 80.9. The van der Waals surface area contributed by atoms with Crippen LogP contribution in [0.25, 0.3) is 0 Å². The second kappa shape index (κ2) is 38.0. The van der Waals surface area contributed by atoms with E-state index in [4.69, 9.17) is 0 Å². The van der Waals surface area contributed by atoms with Gasteiger partial charge in [0.05, 0.1) is 63.5 Å². The van der Waals surface area contributed by atoms with E-state index in [1.54, 1.807) is 49.9 Å². The summed E-state index contributed by atoms with van der Waals surface area (Å²) in [6.07, 6.45) is 0.561. The van der Waals surface area contributed by atoms with Crippen LogP contribution in [0.4, 0.5) is 11.4 Å². The fourth-order valence-corrected chi connectivity index (χ4v) is 10.2. The van der Waals surface area contributed by atoms with E-state index in [2.05, 4.69) is 36.6 Å². The molecule has 32 heteroatoms. The zero-order chi connectivity index (χ0) is 66.5. The van der Waals surface area contributed by atoms with Gasteiger partial charge in [0.25, 0.3) is 10.9 Å². The number of hydrogen-bond donors (Lipinski definition) is 13. The third kappa shape index (κ3) is 25.1. The van der Waals surface area contributed by atoms with Crippen molar-refractivity contribution >= 4 is 82.6 Å². The predicted octanol–water partition coefficient (Wildman–Crippen LogP) is -3.34. The lowest BCUT2D eigenvalue weighted by atomic mass is 9.90. The number of aliphatic hydroxyl groups is 2. The minimum absolute atomic E-state index is 0.00327. The summed E-state index contributed by atoms with van der Waals surface area (Å²) in [6, 6.07) is 2.60. The molecule has 2 heterocycles. The molecule has 0 saturated carbocycles. The number of amides is 3. The van der Waals surface area contributed by atoms with Gasteiger partial charge in [-0.2, -0.15) is 0 Å². The van der Waals surface area contributed by atoms with Crippen LogP contribution in [-0.4, -0.2) is 259 Å². The Hall–Kier alpha value is -8.69. The number of aldehydes is 1. The highest BCUT2D eigenvalue weighted by Crippen LogP contribution is 2.20. The SMILES string of the molecule is C[C@H](NC(=O)[C@H](CC(=O)O)CC(=O)CCCNc1c(NCCCC(C(=O)O)N2CCN(CC=O)CCN(CC(=O)O)CCN(CC(=O)O)CC2)c(=O)c1=O)C(=O)C[C@@H](Cc1cnc[nH]1)C(=O)N[C@@H](CO)C(=O)C[C@@H](Cc1ccccc1)C(=O)N[C@@H](CO)C(=O)O. The van der Waals surface area contributed by atoms with Gasteiger partial charge in [-0.1, -0.05) is 30.3 Å². The van der Waals surface area contributed by atoms with Gasteiger partial charge in [0.15, 0.2) is 11.6 Å². The first-order valence-corrected chi connectivity index (χ1v) is 29.3. The Morgan fingerprint density at radius 3 is 1.64 bits per heavy atom. The van der Waals surface area contributed by atoms with Gasteiger partial charge in [-0.3, -0.25) is 77.1 Å². The van der Waals surface area contributed by atoms with Crippen molar-refractivity contribution in [2.75, 3.05) is 109 Å². The lowest BCUT2D eigenvalue weighted by Gasteiger charge is -2.35. The summed E-state index contributed by atoms with van der Waals surface area (Å²) in [5.41, 5.74) is -0.904. The summed E-state index contributed by atoms with van der Waals surface area (Å²) < 4.78 is 0. The number of imidazole rings is 1. The molecule has 1 unspecified atom stereocenters. The molecule has 4 rings (SSSR count). The summed E-state index contributed by atoms with van der Waals surface area (Å²) in [7, 11) is 0.